The van der Waals surface area contributed by atoms with Crippen molar-refractivity contribution in [2.75, 3.05) is 32.1 Å². The van der Waals surface area contributed by atoms with E-state index in [4.69, 9.17) is 0 Å². The first kappa shape index (κ1) is 12.8. The van der Waals surface area contributed by atoms with Crippen molar-refractivity contribution >= 4 is 16.5 Å². The lowest BCUT2D eigenvalue weighted by Crippen LogP contribution is -2.41. The summed E-state index contributed by atoms with van der Waals surface area (Å²) in [6.45, 7) is 3.92. The fourth-order valence-corrected chi connectivity index (χ4v) is 3.09. The summed E-state index contributed by atoms with van der Waals surface area (Å²) in [4.78, 5) is 9.99. The van der Waals surface area contributed by atoms with Gasteiger partial charge in [0.05, 0.1) is 11.0 Å². The van der Waals surface area contributed by atoms with E-state index in [1.165, 1.54) is 12.8 Å². The topological polar surface area (TPSA) is 39.6 Å². The first-order chi connectivity index (χ1) is 8.08. The van der Waals surface area contributed by atoms with E-state index in [9.17, 15) is 5.11 Å². The summed E-state index contributed by atoms with van der Waals surface area (Å²) in [5.74, 6) is 0. The van der Waals surface area contributed by atoms with Crippen molar-refractivity contribution in [3.63, 3.8) is 0 Å². The minimum atomic E-state index is -0.402. The van der Waals surface area contributed by atoms with Gasteiger partial charge in [0, 0.05) is 25.3 Å². The predicted octanol–water partition coefficient (Wildman–Crippen LogP) is 1.73. The van der Waals surface area contributed by atoms with Crippen LogP contribution >= 0.6 is 11.3 Å². The zero-order chi connectivity index (χ0) is 12.4. The van der Waals surface area contributed by atoms with Crippen LogP contribution in [0.3, 0.4) is 0 Å². The van der Waals surface area contributed by atoms with E-state index >= 15 is 0 Å². The fourth-order valence-electron chi connectivity index (χ4n) is 2.19. The summed E-state index contributed by atoms with van der Waals surface area (Å²) < 4.78 is 0. The molecule has 1 fully saturated rings. The average Bonchev–Trinajstić information content (AvgIpc) is 2.78. The highest BCUT2D eigenvalue weighted by Gasteiger charge is 2.22. The van der Waals surface area contributed by atoms with Crippen molar-refractivity contribution in [3.05, 3.63) is 11.1 Å². The van der Waals surface area contributed by atoms with Crippen molar-refractivity contribution in [2.45, 2.75) is 31.9 Å². The van der Waals surface area contributed by atoms with Crippen LogP contribution < -0.4 is 4.90 Å². The zero-order valence-electron chi connectivity index (χ0n) is 10.8. The molecule has 17 heavy (non-hydrogen) atoms. The Hall–Kier alpha value is -0.650. The zero-order valence-corrected chi connectivity index (χ0v) is 11.6. The summed E-state index contributed by atoms with van der Waals surface area (Å²) in [7, 11) is 4.30. The van der Waals surface area contributed by atoms with Gasteiger partial charge in [-0.3, -0.25) is 0 Å². The smallest absolute Gasteiger partial charge is 0.185 e. The molecule has 1 aromatic heterocycles. The Morgan fingerprint density at radius 3 is 2.59 bits per heavy atom. The molecule has 1 atom stereocenters. The van der Waals surface area contributed by atoms with Crippen LogP contribution in [0, 0.1) is 0 Å². The molecule has 96 valence electrons. The van der Waals surface area contributed by atoms with Crippen molar-refractivity contribution < 1.29 is 5.11 Å². The lowest BCUT2D eigenvalue weighted by atomic mass is 10.0. The largest absolute Gasteiger partial charge is 0.388 e. The maximum Gasteiger partial charge on any atom is 0.185 e. The second-order valence-electron chi connectivity index (χ2n) is 4.90. The lowest BCUT2D eigenvalue weighted by molar-refractivity contribution is 0.203. The van der Waals surface area contributed by atoms with Crippen LogP contribution in [0.5, 0.6) is 0 Å². The molecule has 0 amide bonds. The number of hydrogen-bond donors (Lipinski definition) is 1. The van der Waals surface area contributed by atoms with Gasteiger partial charge in [-0.1, -0.05) is 11.3 Å². The van der Waals surface area contributed by atoms with Crippen LogP contribution in [0.2, 0.25) is 0 Å². The van der Waals surface area contributed by atoms with Gasteiger partial charge in [0.1, 0.15) is 0 Å². The summed E-state index contributed by atoms with van der Waals surface area (Å²) >= 11 is 1.61. The Balaban J connectivity index is 1.96. The minimum absolute atomic E-state index is 0.402. The Bertz CT molecular complexity index is 356. The van der Waals surface area contributed by atoms with E-state index < -0.39 is 6.10 Å². The quantitative estimate of drug-likeness (QED) is 0.893. The highest BCUT2D eigenvalue weighted by Crippen LogP contribution is 2.29. The molecule has 0 bridgehead atoms. The van der Waals surface area contributed by atoms with Crippen molar-refractivity contribution in [1.82, 2.24) is 9.88 Å². The Morgan fingerprint density at radius 1 is 1.47 bits per heavy atom. The number of aromatic nitrogens is 1. The van der Waals surface area contributed by atoms with Crippen molar-refractivity contribution in [2.24, 2.45) is 0 Å². The molecule has 0 aliphatic carbocycles. The van der Waals surface area contributed by atoms with E-state index in [0.29, 0.717) is 6.04 Å². The lowest BCUT2D eigenvalue weighted by Gasteiger charge is -2.35. The molecule has 1 aliphatic rings. The van der Waals surface area contributed by atoms with Gasteiger partial charge in [-0.05, 0) is 33.9 Å². The monoisotopic (exact) mass is 255 g/mol. The Morgan fingerprint density at radius 2 is 2.12 bits per heavy atom. The molecule has 0 radical (unpaired) electrons. The highest BCUT2D eigenvalue weighted by atomic mass is 32.1. The van der Waals surface area contributed by atoms with Crippen molar-refractivity contribution in [1.29, 1.82) is 0 Å². The van der Waals surface area contributed by atoms with E-state index in [-0.39, 0.29) is 0 Å². The van der Waals surface area contributed by atoms with Crippen LogP contribution in [-0.2, 0) is 0 Å². The van der Waals surface area contributed by atoms with Gasteiger partial charge < -0.3 is 14.9 Å². The molecule has 2 rings (SSSR count). The molecule has 4 nitrogen and oxygen atoms in total. The van der Waals surface area contributed by atoms with Crippen molar-refractivity contribution in [3.8, 4) is 0 Å². The normalized spacial score (nSPS) is 19.9. The molecule has 0 aromatic carbocycles. The fraction of sp³-hybridized carbons (Fsp3) is 0.750. The van der Waals surface area contributed by atoms with Gasteiger partial charge >= 0.3 is 0 Å². The number of aliphatic hydroxyl groups excluding tert-OH is 1. The first-order valence-corrected chi connectivity index (χ1v) is 6.94. The Labute approximate surface area is 107 Å². The highest BCUT2D eigenvalue weighted by molar-refractivity contribution is 7.15. The Kier molecular flexibility index (Phi) is 4.01. The van der Waals surface area contributed by atoms with Gasteiger partial charge in [0.25, 0.3) is 0 Å². The molecular weight excluding hydrogens is 234 g/mol. The molecular formula is C12H21N3OS. The standard InChI is InChI=1S/C12H21N3OS/c1-9(16)11-8-13-12(17-11)15-6-4-10(5-7-15)14(2)3/h8-10,16H,4-7H2,1-3H3. The molecule has 1 N–H and O–H groups in total. The molecule has 1 saturated heterocycles. The van der Waals surface area contributed by atoms with Gasteiger partial charge in [0.15, 0.2) is 5.13 Å². The van der Waals surface area contributed by atoms with Crippen LogP contribution in [0.4, 0.5) is 5.13 Å². The molecule has 0 saturated carbocycles. The van der Waals surface area contributed by atoms with Crippen LogP contribution in [-0.4, -0.2) is 48.2 Å². The number of nitrogens with zero attached hydrogens (tertiary/aromatic N) is 3. The minimum Gasteiger partial charge on any atom is -0.388 e. The van der Waals surface area contributed by atoms with E-state index in [2.05, 4.69) is 28.9 Å². The molecule has 1 aliphatic heterocycles. The second-order valence-corrected chi connectivity index (χ2v) is 5.94. The van der Waals surface area contributed by atoms with Gasteiger partial charge in [-0.25, -0.2) is 4.98 Å². The van der Waals surface area contributed by atoms with Crippen LogP contribution in [0.15, 0.2) is 6.20 Å². The number of piperidine rings is 1. The molecule has 1 aromatic rings. The molecule has 2 heterocycles. The van der Waals surface area contributed by atoms with E-state index in [1.807, 2.05) is 0 Å². The van der Waals surface area contributed by atoms with Gasteiger partial charge in [-0.15, -0.1) is 0 Å². The summed E-state index contributed by atoms with van der Waals surface area (Å²) in [6.07, 6.45) is 3.77. The summed E-state index contributed by atoms with van der Waals surface area (Å²) in [6, 6.07) is 0.697. The molecule has 1 unspecified atom stereocenters. The second kappa shape index (κ2) is 5.33. The summed E-state index contributed by atoms with van der Waals surface area (Å²) in [5, 5.41) is 10.5. The van der Waals surface area contributed by atoms with Crippen LogP contribution in [0.25, 0.3) is 0 Å². The number of anilines is 1. The summed E-state index contributed by atoms with van der Waals surface area (Å²) in [5.41, 5.74) is 0. The van der Waals surface area contributed by atoms with Gasteiger partial charge in [0.2, 0.25) is 0 Å². The average molecular weight is 255 g/mol. The number of aliphatic hydroxyl groups is 1. The van der Waals surface area contributed by atoms with E-state index in [1.54, 1.807) is 24.5 Å². The predicted molar refractivity (Wildman–Crippen MR) is 71.7 cm³/mol. The number of hydrogen-bond acceptors (Lipinski definition) is 5. The van der Waals surface area contributed by atoms with Gasteiger partial charge in [-0.2, -0.15) is 0 Å². The third kappa shape index (κ3) is 2.97. The third-order valence-corrected chi connectivity index (χ3v) is 4.62. The van der Waals surface area contributed by atoms with Crippen LogP contribution in [0.1, 0.15) is 30.7 Å². The maximum absolute atomic E-state index is 9.50. The molecule has 0 spiro atoms. The van der Waals surface area contributed by atoms with E-state index in [0.717, 1.165) is 23.1 Å². The third-order valence-electron chi connectivity index (χ3n) is 3.39. The first-order valence-electron chi connectivity index (χ1n) is 6.13. The number of thiazole rings is 1. The SMILES string of the molecule is CC(O)c1cnc(N2CCC(N(C)C)CC2)s1. The maximum atomic E-state index is 9.50. The number of rotatable bonds is 3. The molecule has 5 heteroatoms.